The Hall–Kier alpha value is -2.56. The Balaban J connectivity index is 0.000000283. The van der Waals surface area contributed by atoms with Crippen molar-refractivity contribution >= 4 is 75.6 Å². The number of aromatic nitrogens is 4. The molecule has 0 bridgehead atoms. The van der Waals surface area contributed by atoms with Crippen molar-refractivity contribution in [3.05, 3.63) is 78.4 Å². The summed E-state index contributed by atoms with van der Waals surface area (Å²) in [4.78, 5) is 27.3. The highest BCUT2D eigenvalue weighted by Crippen LogP contribution is 2.39. The Labute approximate surface area is 320 Å². The maximum atomic E-state index is 10.9. The molecule has 0 fully saturated rings. The first kappa shape index (κ1) is 42.6. The molecule has 0 spiro atoms. The van der Waals surface area contributed by atoms with Crippen LogP contribution in [0.1, 0.15) is 78.2 Å². The third-order valence-electron chi connectivity index (χ3n) is 6.93. The van der Waals surface area contributed by atoms with Gasteiger partial charge in [-0.15, -0.1) is 0 Å². The van der Waals surface area contributed by atoms with E-state index in [1.165, 1.54) is 23.5 Å². The van der Waals surface area contributed by atoms with E-state index >= 15 is 0 Å². The normalized spacial score (nSPS) is 11.2. The number of aliphatic hydroxyl groups excluding tert-OH is 1. The van der Waals surface area contributed by atoms with Gasteiger partial charge in [-0.05, 0) is 87.9 Å². The van der Waals surface area contributed by atoms with Crippen LogP contribution in [0.3, 0.4) is 0 Å². The summed E-state index contributed by atoms with van der Waals surface area (Å²) in [5.74, 6) is 2.88. The van der Waals surface area contributed by atoms with Crippen LogP contribution in [0.5, 0.6) is 23.0 Å². The molecule has 49 heavy (non-hydrogen) atoms. The number of thioether (sulfide) groups is 2. The Bertz CT molecular complexity index is 1700. The van der Waals surface area contributed by atoms with Crippen molar-refractivity contribution in [2.45, 2.75) is 55.9 Å². The smallest absolute Gasteiger partial charge is 0.188 e. The number of benzene rings is 2. The molecule has 0 aliphatic heterocycles. The number of aldehydes is 1. The second kappa shape index (κ2) is 21.0. The van der Waals surface area contributed by atoms with E-state index in [1.54, 1.807) is 53.0 Å². The number of hydrogen-bond acceptors (Lipinski definition) is 12. The van der Waals surface area contributed by atoms with E-state index in [2.05, 4.69) is 42.5 Å². The van der Waals surface area contributed by atoms with Crippen LogP contribution >= 0.6 is 69.3 Å². The average Bonchev–Trinajstić information content (AvgIpc) is 3.11. The van der Waals surface area contributed by atoms with Gasteiger partial charge in [-0.25, -0.2) is 19.9 Å². The fourth-order valence-electron chi connectivity index (χ4n) is 4.39. The molecule has 266 valence electrons. The second-order valence-electron chi connectivity index (χ2n) is 10.6. The van der Waals surface area contributed by atoms with Crippen LogP contribution < -0.4 is 18.9 Å². The van der Waals surface area contributed by atoms with Gasteiger partial charge in [-0.1, -0.05) is 74.4 Å². The molecule has 0 amide bonds. The SMILES string of the molecule is COc1cc(C(C)C)c(C(O)c2cnc(SC)nc2Cl)cc1OC.COc1cc(C=O)c(C(C)C)cc1OC.CSc1ncc(I)c(Cl)n1. The standard InChI is InChI=1S/C17H21ClN2O3S.C12H16O3.C5H4ClIN2S/c1-9(2)10-6-13(22-3)14(23-4)7-11(10)15(21)12-8-19-17(24-5)20-16(12)18;1-8(2)10-6-12(15-4)11(14-3)5-9(10)7-13;1-10-5-8-2-3(7)4(6)9-5/h6-9,15,21H,1-5H3;5-8H,1-4H3;2H,1H3. The van der Waals surface area contributed by atoms with Crippen molar-refractivity contribution in [1.29, 1.82) is 0 Å². The van der Waals surface area contributed by atoms with E-state index in [0.717, 1.165) is 21.0 Å². The van der Waals surface area contributed by atoms with E-state index in [1.807, 2.05) is 52.3 Å². The molecule has 2 aromatic heterocycles. The fourth-order valence-corrected chi connectivity index (χ4v) is 5.80. The lowest BCUT2D eigenvalue weighted by atomic mass is 9.91. The summed E-state index contributed by atoms with van der Waals surface area (Å²) in [5.41, 5.74) is 3.74. The molecule has 2 aromatic carbocycles. The van der Waals surface area contributed by atoms with E-state index in [9.17, 15) is 9.90 Å². The summed E-state index contributed by atoms with van der Waals surface area (Å²) in [7, 11) is 6.29. The van der Waals surface area contributed by atoms with Gasteiger partial charge in [0.05, 0.1) is 32.0 Å². The minimum Gasteiger partial charge on any atom is -0.493 e. The minimum absolute atomic E-state index is 0.180. The van der Waals surface area contributed by atoms with Crippen LogP contribution in [0.2, 0.25) is 10.3 Å². The zero-order chi connectivity index (χ0) is 36.8. The summed E-state index contributed by atoms with van der Waals surface area (Å²) in [6.45, 7) is 8.17. The number of hydrogen-bond donors (Lipinski definition) is 1. The number of rotatable bonds is 11. The summed E-state index contributed by atoms with van der Waals surface area (Å²) in [5, 5.41) is 12.9. The molecule has 4 aromatic rings. The highest BCUT2D eigenvalue weighted by molar-refractivity contribution is 14.1. The first-order chi connectivity index (χ1) is 23.3. The Morgan fingerprint density at radius 3 is 1.53 bits per heavy atom. The third kappa shape index (κ3) is 11.7. The Morgan fingerprint density at radius 1 is 0.694 bits per heavy atom. The van der Waals surface area contributed by atoms with Crippen molar-refractivity contribution in [1.82, 2.24) is 19.9 Å². The maximum absolute atomic E-state index is 10.9. The van der Waals surface area contributed by atoms with Crippen LogP contribution in [-0.2, 0) is 0 Å². The molecular weight excluding hydrogens is 822 g/mol. The first-order valence-corrected chi connectivity index (χ1v) is 19.0. The van der Waals surface area contributed by atoms with Gasteiger partial charge in [-0.2, -0.15) is 0 Å². The summed E-state index contributed by atoms with van der Waals surface area (Å²) >= 11 is 16.9. The molecule has 15 heteroatoms. The molecule has 4 rings (SSSR count). The minimum atomic E-state index is -0.953. The van der Waals surface area contributed by atoms with Gasteiger partial charge in [0.15, 0.2) is 33.3 Å². The maximum Gasteiger partial charge on any atom is 0.188 e. The quantitative estimate of drug-likeness (QED) is 0.0508. The van der Waals surface area contributed by atoms with E-state index in [0.29, 0.717) is 55.2 Å². The molecule has 0 aliphatic carbocycles. The molecule has 2 heterocycles. The van der Waals surface area contributed by atoms with Gasteiger partial charge in [0.1, 0.15) is 22.7 Å². The van der Waals surface area contributed by atoms with Crippen LogP contribution in [0, 0.1) is 3.57 Å². The highest BCUT2D eigenvalue weighted by Gasteiger charge is 2.23. The van der Waals surface area contributed by atoms with Gasteiger partial charge in [0.25, 0.3) is 0 Å². The lowest BCUT2D eigenvalue weighted by Gasteiger charge is -2.21. The monoisotopic (exact) mass is 862 g/mol. The molecule has 1 N–H and O–H groups in total. The van der Waals surface area contributed by atoms with E-state index < -0.39 is 6.10 Å². The Morgan fingerprint density at radius 2 is 1.12 bits per heavy atom. The molecule has 0 radical (unpaired) electrons. The number of carbonyl (C=O) groups excluding carboxylic acids is 1. The molecule has 0 aliphatic rings. The predicted octanol–water partition coefficient (Wildman–Crippen LogP) is 9.17. The highest BCUT2D eigenvalue weighted by atomic mass is 127. The third-order valence-corrected chi connectivity index (χ3v) is 9.75. The Kier molecular flexibility index (Phi) is 18.2. The second-order valence-corrected chi connectivity index (χ2v) is 14.0. The number of nitrogens with zero attached hydrogens (tertiary/aromatic N) is 4. The van der Waals surface area contributed by atoms with Crippen molar-refractivity contribution < 1.29 is 28.8 Å². The number of carbonyl (C=O) groups is 1. The topological polar surface area (TPSA) is 126 Å². The molecule has 0 saturated heterocycles. The number of halogens is 3. The van der Waals surface area contributed by atoms with Gasteiger partial charge in [0.2, 0.25) is 0 Å². The van der Waals surface area contributed by atoms with Gasteiger partial charge < -0.3 is 24.1 Å². The van der Waals surface area contributed by atoms with Gasteiger partial charge in [0, 0.05) is 23.5 Å². The van der Waals surface area contributed by atoms with Crippen molar-refractivity contribution in [3.63, 3.8) is 0 Å². The lowest BCUT2D eigenvalue weighted by molar-refractivity contribution is 0.112. The molecular formula is C34H41Cl2IN4O6S2. The first-order valence-electron chi connectivity index (χ1n) is 14.7. The number of aliphatic hydroxyl groups is 1. The summed E-state index contributed by atoms with van der Waals surface area (Å²) in [6, 6.07) is 7.22. The average molecular weight is 864 g/mol. The number of methoxy groups -OCH3 is 4. The van der Waals surface area contributed by atoms with Crippen LogP contribution in [0.25, 0.3) is 0 Å². The van der Waals surface area contributed by atoms with Crippen LogP contribution in [-0.4, -0.2) is 72.3 Å². The molecule has 10 nitrogen and oxygen atoms in total. The van der Waals surface area contributed by atoms with Gasteiger partial charge >= 0.3 is 0 Å². The van der Waals surface area contributed by atoms with Gasteiger partial charge in [-0.3, -0.25) is 4.79 Å². The predicted molar refractivity (Wildman–Crippen MR) is 207 cm³/mol. The lowest BCUT2D eigenvalue weighted by Crippen LogP contribution is -2.08. The molecule has 1 atom stereocenters. The van der Waals surface area contributed by atoms with E-state index in [-0.39, 0.29) is 17.0 Å². The van der Waals surface area contributed by atoms with Crippen LogP contribution in [0.4, 0.5) is 0 Å². The van der Waals surface area contributed by atoms with Crippen molar-refractivity contribution in [3.8, 4) is 23.0 Å². The summed E-state index contributed by atoms with van der Waals surface area (Å²) < 4.78 is 21.9. The van der Waals surface area contributed by atoms with Crippen molar-refractivity contribution in [2.75, 3.05) is 41.0 Å². The zero-order valence-corrected chi connectivity index (χ0v) is 34.3. The van der Waals surface area contributed by atoms with E-state index in [4.69, 9.17) is 42.1 Å². The van der Waals surface area contributed by atoms with Crippen molar-refractivity contribution in [2.24, 2.45) is 0 Å². The largest absolute Gasteiger partial charge is 0.493 e. The molecule has 1 unspecified atom stereocenters. The van der Waals surface area contributed by atoms with Crippen LogP contribution in [0.15, 0.2) is 47.0 Å². The molecule has 0 saturated carbocycles. The zero-order valence-electron chi connectivity index (χ0n) is 29.0. The number of ether oxygens (including phenoxy) is 4. The summed E-state index contributed by atoms with van der Waals surface area (Å²) in [6.07, 6.45) is 6.95. The fraction of sp³-hybridized carbons (Fsp3) is 0.382.